The topological polar surface area (TPSA) is 90.0 Å². The van der Waals surface area contributed by atoms with E-state index in [2.05, 4.69) is 28.4 Å². The van der Waals surface area contributed by atoms with Gasteiger partial charge in [0.15, 0.2) is 0 Å². The largest absolute Gasteiger partial charge is 0.465 e. The van der Waals surface area contributed by atoms with Crippen LogP contribution in [0.15, 0.2) is 18.2 Å². The molecule has 0 unspecified atom stereocenters. The Labute approximate surface area is 152 Å². The fourth-order valence-corrected chi connectivity index (χ4v) is 4.41. The van der Waals surface area contributed by atoms with Crippen LogP contribution < -0.4 is 10.2 Å². The SMILES string of the molecule is O=C1CC[C@H](N2CCc3cc(C4CCN(C(=O)O)CC4)ccc32)C(=O)N1. The van der Waals surface area contributed by atoms with Gasteiger partial charge in [0.1, 0.15) is 6.04 Å². The second kappa shape index (κ2) is 6.63. The third kappa shape index (κ3) is 3.02. The van der Waals surface area contributed by atoms with Crippen LogP contribution in [0.25, 0.3) is 0 Å². The lowest BCUT2D eigenvalue weighted by Gasteiger charge is -2.32. The molecule has 0 radical (unpaired) electrons. The summed E-state index contributed by atoms with van der Waals surface area (Å²) >= 11 is 0. The van der Waals surface area contributed by atoms with E-state index in [4.69, 9.17) is 5.11 Å². The number of nitrogens with zero attached hydrogens (tertiary/aromatic N) is 2. The smallest absolute Gasteiger partial charge is 0.407 e. The van der Waals surface area contributed by atoms with E-state index in [9.17, 15) is 14.4 Å². The highest BCUT2D eigenvalue weighted by atomic mass is 16.4. The minimum Gasteiger partial charge on any atom is -0.465 e. The zero-order valence-electron chi connectivity index (χ0n) is 14.6. The van der Waals surface area contributed by atoms with E-state index in [0.717, 1.165) is 31.5 Å². The van der Waals surface area contributed by atoms with Crippen LogP contribution in [0.5, 0.6) is 0 Å². The molecule has 7 nitrogen and oxygen atoms in total. The Morgan fingerprint density at radius 1 is 1.08 bits per heavy atom. The second-order valence-electron chi connectivity index (χ2n) is 7.34. The number of fused-ring (bicyclic) bond motifs is 1. The first-order valence-electron chi connectivity index (χ1n) is 9.24. The third-order valence-electron chi connectivity index (χ3n) is 5.86. The van der Waals surface area contributed by atoms with E-state index in [1.807, 2.05) is 0 Å². The van der Waals surface area contributed by atoms with Gasteiger partial charge in [-0.15, -0.1) is 0 Å². The summed E-state index contributed by atoms with van der Waals surface area (Å²) in [5, 5.41) is 11.5. The highest BCUT2D eigenvalue weighted by Crippen LogP contribution is 2.36. The Bertz CT molecular complexity index is 755. The van der Waals surface area contributed by atoms with Crippen LogP contribution in [0.2, 0.25) is 0 Å². The van der Waals surface area contributed by atoms with Gasteiger partial charge in [-0.25, -0.2) is 4.79 Å². The Morgan fingerprint density at radius 3 is 2.54 bits per heavy atom. The first-order valence-corrected chi connectivity index (χ1v) is 9.24. The van der Waals surface area contributed by atoms with E-state index in [1.165, 1.54) is 16.0 Å². The Hall–Kier alpha value is -2.57. The van der Waals surface area contributed by atoms with Crippen molar-refractivity contribution in [2.75, 3.05) is 24.5 Å². The molecule has 26 heavy (non-hydrogen) atoms. The monoisotopic (exact) mass is 357 g/mol. The van der Waals surface area contributed by atoms with Gasteiger partial charge in [0.2, 0.25) is 11.8 Å². The van der Waals surface area contributed by atoms with Gasteiger partial charge in [0.25, 0.3) is 0 Å². The number of nitrogens with one attached hydrogen (secondary N) is 1. The molecule has 7 heteroatoms. The molecule has 1 aromatic rings. The van der Waals surface area contributed by atoms with E-state index in [1.54, 1.807) is 0 Å². The van der Waals surface area contributed by atoms with Crippen molar-refractivity contribution in [3.8, 4) is 0 Å². The van der Waals surface area contributed by atoms with Crippen molar-refractivity contribution in [3.05, 3.63) is 29.3 Å². The van der Waals surface area contributed by atoms with Gasteiger partial charge in [0.05, 0.1) is 0 Å². The fourth-order valence-electron chi connectivity index (χ4n) is 4.41. The number of rotatable bonds is 2. The second-order valence-corrected chi connectivity index (χ2v) is 7.34. The average Bonchev–Trinajstić information content (AvgIpc) is 3.05. The minimum absolute atomic E-state index is 0.186. The molecule has 2 saturated heterocycles. The predicted octanol–water partition coefficient (Wildman–Crippen LogP) is 1.71. The van der Waals surface area contributed by atoms with Gasteiger partial charge in [-0.1, -0.05) is 12.1 Å². The fraction of sp³-hybridized carbons (Fsp3) is 0.526. The lowest BCUT2D eigenvalue weighted by Crippen LogP contribution is -2.52. The lowest BCUT2D eigenvalue weighted by atomic mass is 9.88. The number of piperidine rings is 2. The number of carbonyl (C=O) groups excluding carboxylic acids is 2. The lowest BCUT2D eigenvalue weighted by molar-refractivity contribution is -0.134. The maximum Gasteiger partial charge on any atom is 0.407 e. The molecule has 3 aliphatic rings. The van der Waals surface area contributed by atoms with Crippen LogP contribution in [0, 0.1) is 0 Å². The number of hydrogen-bond donors (Lipinski definition) is 2. The van der Waals surface area contributed by atoms with Crippen molar-refractivity contribution >= 4 is 23.6 Å². The minimum atomic E-state index is -0.836. The quantitative estimate of drug-likeness (QED) is 0.787. The molecule has 1 atom stereocenters. The summed E-state index contributed by atoms with van der Waals surface area (Å²) < 4.78 is 0. The van der Waals surface area contributed by atoms with Crippen LogP contribution in [0.1, 0.15) is 42.7 Å². The van der Waals surface area contributed by atoms with E-state index in [-0.39, 0.29) is 17.9 Å². The van der Waals surface area contributed by atoms with Crippen molar-refractivity contribution in [1.82, 2.24) is 10.2 Å². The molecule has 1 aromatic carbocycles. The van der Waals surface area contributed by atoms with Crippen molar-refractivity contribution in [3.63, 3.8) is 0 Å². The Morgan fingerprint density at radius 2 is 1.85 bits per heavy atom. The summed E-state index contributed by atoms with van der Waals surface area (Å²) in [5.41, 5.74) is 3.60. The Balaban J connectivity index is 1.48. The van der Waals surface area contributed by atoms with Crippen LogP contribution in [0.3, 0.4) is 0 Å². The summed E-state index contributed by atoms with van der Waals surface area (Å²) in [4.78, 5) is 38.2. The number of hydrogen-bond acceptors (Lipinski definition) is 4. The summed E-state index contributed by atoms with van der Waals surface area (Å²) in [7, 11) is 0. The van der Waals surface area contributed by atoms with E-state index < -0.39 is 6.09 Å². The molecule has 0 bridgehead atoms. The molecule has 0 aromatic heterocycles. The molecule has 0 spiro atoms. The van der Waals surface area contributed by atoms with Crippen LogP contribution in [-0.2, 0) is 16.0 Å². The van der Waals surface area contributed by atoms with Gasteiger partial charge in [-0.05, 0) is 48.8 Å². The van der Waals surface area contributed by atoms with Gasteiger partial charge in [-0.2, -0.15) is 0 Å². The number of anilines is 1. The molecule has 4 rings (SSSR count). The molecule has 138 valence electrons. The number of imide groups is 1. The molecule has 3 heterocycles. The first kappa shape index (κ1) is 16.9. The predicted molar refractivity (Wildman–Crippen MR) is 95.2 cm³/mol. The summed E-state index contributed by atoms with van der Waals surface area (Å²) in [6, 6.07) is 6.16. The molecule has 2 fully saturated rings. The van der Waals surface area contributed by atoms with Gasteiger partial charge in [0, 0.05) is 31.7 Å². The highest BCUT2D eigenvalue weighted by molar-refractivity contribution is 6.01. The maximum absolute atomic E-state index is 12.2. The van der Waals surface area contributed by atoms with Crippen LogP contribution in [0.4, 0.5) is 10.5 Å². The molecule has 3 amide bonds. The molecule has 0 saturated carbocycles. The molecule has 0 aliphatic carbocycles. The summed E-state index contributed by atoms with van der Waals surface area (Å²) in [5.74, 6) is 0.00786. The number of amides is 3. The standard InChI is InChI=1S/C19H23N3O4/c23-17-4-3-16(18(24)20-17)22-10-7-14-11-13(1-2-15(14)22)12-5-8-21(9-6-12)19(25)26/h1-2,11-12,16H,3-10H2,(H,25,26)(H,20,23,24)/t16-/m0/s1. The third-order valence-corrected chi connectivity index (χ3v) is 5.86. The molecule has 3 aliphatic heterocycles. The van der Waals surface area contributed by atoms with Gasteiger partial charge < -0.3 is 14.9 Å². The molecular weight excluding hydrogens is 334 g/mol. The highest BCUT2D eigenvalue weighted by Gasteiger charge is 2.35. The summed E-state index contributed by atoms with van der Waals surface area (Å²) in [6.07, 6.45) is 2.72. The summed E-state index contributed by atoms with van der Waals surface area (Å²) in [6.45, 7) is 1.96. The normalized spacial score (nSPS) is 23.8. The zero-order chi connectivity index (χ0) is 18.3. The number of likely N-dealkylation sites (tertiary alicyclic amines) is 1. The van der Waals surface area contributed by atoms with E-state index in [0.29, 0.717) is 31.8 Å². The van der Waals surface area contributed by atoms with E-state index >= 15 is 0 Å². The van der Waals surface area contributed by atoms with Crippen molar-refractivity contribution in [1.29, 1.82) is 0 Å². The van der Waals surface area contributed by atoms with Crippen molar-refractivity contribution in [2.24, 2.45) is 0 Å². The van der Waals surface area contributed by atoms with Crippen molar-refractivity contribution in [2.45, 2.75) is 44.1 Å². The number of benzene rings is 1. The Kier molecular flexibility index (Phi) is 4.30. The number of carboxylic acid groups (broad SMARTS) is 1. The van der Waals surface area contributed by atoms with Crippen LogP contribution >= 0.6 is 0 Å². The number of carbonyl (C=O) groups is 3. The molecular formula is C19H23N3O4. The van der Waals surface area contributed by atoms with Gasteiger partial charge >= 0.3 is 6.09 Å². The molecule has 2 N–H and O–H groups in total. The average molecular weight is 357 g/mol. The maximum atomic E-state index is 12.2. The first-order chi connectivity index (χ1) is 12.5. The van der Waals surface area contributed by atoms with Crippen molar-refractivity contribution < 1.29 is 19.5 Å². The zero-order valence-corrected chi connectivity index (χ0v) is 14.6. The van der Waals surface area contributed by atoms with Gasteiger partial charge in [-0.3, -0.25) is 14.9 Å². The van der Waals surface area contributed by atoms with Crippen LogP contribution in [-0.4, -0.2) is 53.6 Å².